The maximum atomic E-state index is 13.9. The zero-order valence-electron chi connectivity index (χ0n) is 15.7. The van der Waals surface area contributed by atoms with Crippen LogP contribution in [0.4, 0.5) is 0 Å². The lowest BCUT2D eigenvalue weighted by molar-refractivity contribution is 0.0870. The number of carbonyl (C=O) groups excluding carboxylic acids is 1. The smallest absolute Gasteiger partial charge is 0.196 e. The van der Waals surface area contributed by atoms with Crippen molar-refractivity contribution in [2.45, 2.75) is 23.7 Å². The summed E-state index contributed by atoms with van der Waals surface area (Å²) in [4.78, 5) is 18.3. The summed E-state index contributed by atoms with van der Waals surface area (Å²) in [6.07, 6.45) is 6.93. The first-order valence-corrected chi connectivity index (χ1v) is 9.62. The van der Waals surface area contributed by atoms with Gasteiger partial charge in [0.15, 0.2) is 5.78 Å². The van der Waals surface area contributed by atoms with Crippen LogP contribution >= 0.6 is 0 Å². The SMILES string of the molecule is COc1cccc(C2CC3C=CC2(C(=O)c2ccccn2)c2ccccc23)c1. The Hall–Kier alpha value is -3.20. The molecule has 3 heteroatoms. The van der Waals surface area contributed by atoms with Crippen molar-refractivity contribution in [1.82, 2.24) is 4.98 Å². The Labute approximate surface area is 164 Å². The number of ether oxygens (including phenoxy) is 1. The van der Waals surface area contributed by atoms with E-state index in [1.54, 1.807) is 13.3 Å². The van der Waals surface area contributed by atoms with Gasteiger partial charge in [0, 0.05) is 18.0 Å². The Morgan fingerprint density at radius 3 is 2.75 bits per heavy atom. The Balaban J connectivity index is 1.74. The molecule has 0 saturated carbocycles. The molecule has 3 aliphatic rings. The van der Waals surface area contributed by atoms with Crippen molar-refractivity contribution in [3.63, 3.8) is 0 Å². The number of ketones is 1. The molecule has 3 atom stereocenters. The van der Waals surface area contributed by atoms with Crippen LogP contribution in [0.3, 0.4) is 0 Å². The van der Waals surface area contributed by atoms with Gasteiger partial charge in [0.1, 0.15) is 11.4 Å². The number of nitrogens with zero attached hydrogens (tertiary/aromatic N) is 1. The number of fused-ring (bicyclic) bond motifs is 1. The molecular formula is C25H21NO2. The van der Waals surface area contributed by atoms with Gasteiger partial charge >= 0.3 is 0 Å². The third kappa shape index (κ3) is 2.36. The highest BCUT2D eigenvalue weighted by Gasteiger charge is 2.53. The lowest BCUT2D eigenvalue weighted by atomic mass is 9.53. The summed E-state index contributed by atoms with van der Waals surface area (Å²) in [7, 11) is 1.68. The standard InChI is InChI=1S/C25H21NO2/c1-28-19-8-6-7-18(15-19)22-16-17-12-13-25(22,21-10-3-2-9-20(17)21)24(27)23-11-4-5-14-26-23/h2-15,17,22H,16H2,1H3. The normalized spacial score (nSPS) is 24.6. The molecule has 0 radical (unpaired) electrons. The molecule has 1 aromatic heterocycles. The number of hydrogen-bond donors (Lipinski definition) is 0. The summed E-state index contributed by atoms with van der Waals surface area (Å²) >= 11 is 0. The number of allylic oxidation sites excluding steroid dienone is 2. The highest BCUT2D eigenvalue weighted by molar-refractivity contribution is 6.06. The summed E-state index contributed by atoms with van der Waals surface area (Å²) < 4.78 is 5.46. The van der Waals surface area contributed by atoms with Crippen molar-refractivity contribution in [1.29, 1.82) is 0 Å². The van der Waals surface area contributed by atoms with E-state index in [4.69, 9.17) is 4.74 Å². The largest absolute Gasteiger partial charge is 0.497 e. The summed E-state index contributed by atoms with van der Waals surface area (Å²) in [6.45, 7) is 0. The number of aromatic nitrogens is 1. The van der Waals surface area contributed by atoms with E-state index in [-0.39, 0.29) is 11.7 Å². The van der Waals surface area contributed by atoms with Crippen LogP contribution in [-0.2, 0) is 5.41 Å². The second-order valence-electron chi connectivity index (χ2n) is 7.53. The Morgan fingerprint density at radius 1 is 1.07 bits per heavy atom. The summed E-state index contributed by atoms with van der Waals surface area (Å²) in [5, 5.41) is 0. The van der Waals surface area contributed by atoms with Crippen LogP contribution in [0.2, 0.25) is 0 Å². The van der Waals surface area contributed by atoms with E-state index < -0.39 is 5.41 Å². The lowest BCUT2D eigenvalue weighted by Gasteiger charge is -2.48. The van der Waals surface area contributed by atoms with Crippen molar-refractivity contribution in [3.05, 3.63) is 107 Å². The first-order valence-electron chi connectivity index (χ1n) is 9.62. The lowest BCUT2D eigenvalue weighted by Crippen LogP contribution is -2.47. The molecule has 0 N–H and O–H groups in total. The van der Waals surface area contributed by atoms with Gasteiger partial charge in [-0.2, -0.15) is 0 Å². The van der Waals surface area contributed by atoms with Crippen LogP contribution in [0.15, 0.2) is 85.1 Å². The van der Waals surface area contributed by atoms with E-state index in [0.29, 0.717) is 11.6 Å². The average Bonchev–Trinajstić information content (AvgIpc) is 2.79. The van der Waals surface area contributed by atoms with Crippen LogP contribution in [0.25, 0.3) is 0 Å². The molecule has 28 heavy (non-hydrogen) atoms. The molecule has 3 nitrogen and oxygen atoms in total. The van der Waals surface area contributed by atoms with Gasteiger partial charge in [0.05, 0.1) is 12.5 Å². The minimum absolute atomic E-state index is 0.0435. The minimum atomic E-state index is -0.744. The van der Waals surface area contributed by atoms with Gasteiger partial charge in [0.25, 0.3) is 0 Å². The molecule has 6 rings (SSSR count). The highest BCUT2D eigenvalue weighted by atomic mass is 16.5. The average molecular weight is 367 g/mol. The van der Waals surface area contributed by atoms with Crippen molar-refractivity contribution in [2.75, 3.05) is 7.11 Å². The van der Waals surface area contributed by atoms with Crippen LogP contribution in [0.5, 0.6) is 5.75 Å². The summed E-state index contributed by atoms with van der Waals surface area (Å²) in [5.74, 6) is 1.24. The van der Waals surface area contributed by atoms with Gasteiger partial charge in [-0.25, -0.2) is 0 Å². The second-order valence-corrected chi connectivity index (χ2v) is 7.53. The topological polar surface area (TPSA) is 39.2 Å². The van der Waals surface area contributed by atoms with Crippen LogP contribution < -0.4 is 4.74 Å². The predicted octanol–water partition coefficient (Wildman–Crippen LogP) is 5.05. The Kier molecular flexibility index (Phi) is 3.90. The number of benzene rings is 2. The van der Waals surface area contributed by atoms with Gasteiger partial charge in [-0.15, -0.1) is 0 Å². The fourth-order valence-corrected chi connectivity index (χ4v) is 4.93. The van der Waals surface area contributed by atoms with Crippen LogP contribution in [-0.4, -0.2) is 17.9 Å². The monoisotopic (exact) mass is 367 g/mol. The van der Waals surface area contributed by atoms with E-state index in [0.717, 1.165) is 23.3 Å². The third-order valence-corrected chi connectivity index (χ3v) is 6.21. The number of Topliss-reactive ketones (excluding diaryl/α,β-unsaturated/α-hetero) is 1. The second kappa shape index (κ2) is 6.45. The van der Waals surface area contributed by atoms with E-state index in [2.05, 4.69) is 47.5 Å². The number of carbonyl (C=O) groups is 1. The van der Waals surface area contributed by atoms with E-state index in [1.165, 1.54) is 5.56 Å². The molecule has 1 heterocycles. The zero-order chi connectivity index (χ0) is 19.1. The van der Waals surface area contributed by atoms with Gasteiger partial charge < -0.3 is 4.74 Å². The molecule has 3 aromatic rings. The van der Waals surface area contributed by atoms with E-state index >= 15 is 0 Å². The number of pyridine rings is 1. The van der Waals surface area contributed by atoms with E-state index in [9.17, 15) is 4.79 Å². The van der Waals surface area contributed by atoms with Gasteiger partial charge in [0.2, 0.25) is 0 Å². The molecule has 0 spiro atoms. The van der Waals surface area contributed by atoms with Crippen LogP contribution in [0, 0.1) is 0 Å². The number of rotatable bonds is 4. The molecular weight excluding hydrogens is 346 g/mol. The quantitative estimate of drug-likeness (QED) is 0.478. The Morgan fingerprint density at radius 2 is 1.93 bits per heavy atom. The van der Waals surface area contributed by atoms with Gasteiger partial charge in [-0.05, 0) is 47.4 Å². The van der Waals surface area contributed by atoms with Crippen LogP contribution in [0.1, 0.15) is 45.4 Å². The molecule has 3 unspecified atom stereocenters. The molecule has 2 bridgehead atoms. The third-order valence-electron chi connectivity index (χ3n) is 6.21. The summed E-state index contributed by atoms with van der Waals surface area (Å²) in [6, 6.07) is 22.0. The van der Waals surface area contributed by atoms with E-state index in [1.807, 2.05) is 36.4 Å². The minimum Gasteiger partial charge on any atom is -0.497 e. The Bertz CT molecular complexity index is 1070. The van der Waals surface area contributed by atoms with Crippen molar-refractivity contribution in [2.24, 2.45) is 0 Å². The molecule has 2 aromatic carbocycles. The summed E-state index contributed by atoms with van der Waals surface area (Å²) in [5.41, 5.74) is 3.26. The molecule has 0 fully saturated rings. The highest BCUT2D eigenvalue weighted by Crippen LogP contribution is 2.57. The van der Waals surface area contributed by atoms with Gasteiger partial charge in [-0.3, -0.25) is 9.78 Å². The number of hydrogen-bond acceptors (Lipinski definition) is 3. The maximum Gasteiger partial charge on any atom is 0.196 e. The molecule has 0 aliphatic heterocycles. The van der Waals surface area contributed by atoms with Gasteiger partial charge in [-0.1, -0.05) is 54.6 Å². The molecule has 3 aliphatic carbocycles. The maximum absolute atomic E-state index is 13.9. The van der Waals surface area contributed by atoms with Crippen molar-refractivity contribution in [3.8, 4) is 5.75 Å². The fourth-order valence-electron chi connectivity index (χ4n) is 4.93. The molecule has 138 valence electrons. The first-order chi connectivity index (χ1) is 13.7. The first kappa shape index (κ1) is 16.9. The van der Waals surface area contributed by atoms with Crippen molar-refractivity contribution < 1.29 is 9.53 Å². The fraction of sp³-hybridized carbons (Fsp3) is 0.200. The number of methoxy groups -OCH3 is 1. The molecule has 0 saturated heterocycles. The zero-order valence-corrected chi connectivity index (χ0v) is 15.7. The molecule has 0 amide bonds. The van der Waals surface area contributed by atoms with Crippen molar-refractivity contribution >= 4 is 5.78 Å². The predicted molar refractivity (Wildman–Crippen MR) is 109 cm³/mol.